The Labute approximate surface area is 109 Å². The van der Waals surface area contributed by atoms with Gasteiger partial charge in [0.2, 0.25) is 5.72 Å². The molecule has 1 aliphatic heterocycles. The third-order valence-electron chi connectivity index (χ3n) is 3.32. The Morgan fingerprint density at radius 1 is 1.37 bits per heavy atom. The molecular formula is C13H13N3O3. The maximum atomic E-state index is 12.3. The number of nitrogens with one attached hydrogen (secondary N) is 1. The second kappa shape index (κ2) is 4.18. The zero-order chi connectivity index (χ0) is 13.5. The van der Waals surface area contributed by atoms with Gasteiger partial charge >= 0.3 is 0 Å². The van der Waals surface area contributed by atoms with Crippen molar-refractivity contribution in [1.29, 1.82) is 0 Å². The summed E-state index contributed by atoms with van der Waals surface area (Å²) >= 11 is 0. The van der Waals surface area contributed by atoms with Crippen molar-refractivity contribution in [2.24, 2.45) is 0 Å². The number of β-amino-alcohol motifs (C(OH)–C–C–N with tert-alkyl or cyclic N) is 1. The van der Waals surface area contributed by atoms with E-state index >= 15 is 0 Å². The highest BCUT2D eigenvalue weighted by Gasteiger charge is 2.51. The van der Waals surface area contributed by atoms with Gasteiger partial charge in [0.1, 0.15) is 0 Å². The van der Waals surface area contributed by atoms with Crippen LogP contribution in [0.3, 0.4) is 0 Å². The number of amides is 1. The summed E-state index contributed by atoms with van der Waals surface area (Å²) in [6.07, 6.45) is 3.09. The summed E-state index contributed by atoms with van der Waals surface area (Å²) in [5.74, 6) is -0.0530. The Kier molecular flexibility index (Phi) is 2.62. The third-order valence-corrected chi connectivity index (χ3v) is 3.32. The number of H-pyrrole nitrogens is 1. The molecule has 1 atom stereocenters. The Morgan fingerprint density at radius 3 is 2.84 bits per heavy atom. The Balaban J connectivity index is 2.22. The van der Waals surface area contributed by atoms with E-state index in [1.54, 1.807) is 30.5 Å². The molecule has 6 nitrogen and oxygen atoms in total. The molecule has 0 aliphatic carbocycles. The number of aliphatic hydroxyl groups is 2. The van der Waals surface area contributed by atoms with Crippen molar-refractivity contribution >= 4 is 5.91 Å². The summed E-state index contributed by atoms with van der Waals surface area (Å²) in [6, 6.07) is 6.83. The van der Waals surface area contributed by atoms with Gasteiger partial charge in [-0.2, -0.15) is 0 Å². The second-order valence-electron chi connectivity index (χ2n) is 4.34. The fourth-order valence-electron chi connectivity index (χ4n) is 2.49. The number of carbonyl (C=O) groups excluding carboxylic acids is 1. The van der Waals surface area contributed by atoms with E-state index < -0.39 is 5.72 Å². The van der Waals surface area contributed by atoms with Gasteiger partial charge in [0.15, 0.2) is 5.82 Å². The molecule has 0 saturated heterocycles. The van der Waals surface area contributed by atoms with E-state index in [1.165, 1.54) is 11.1 Å². The number of aromatic nitrogens is 2. The molecule has 0 bridgehead atoms. The highest BCUT2D eigenvalue weighted by molar-refractivity contribution is 6.00. The quantitative estimate of drug-likeness (QED) is 0.726. The van der Waals surface area contributed by atoms with E-state index in [0.717, 1.165) is 0 Å². The van der Waals surface area contributed by atoms with Crippen molar-refractivity contribution in [3.8, 4) is 0 Å². The number of nitrogens with zero attached hydrogens (tertiary/aromatic N) is 2. The first kappa shape index (κ1) is 11.9. The standard InChI is InChI=1S/C13H13N3O3/c17-8-7-16-11(18)9-3-1-2-4-10(9)13(16,19)12-14-5-6-15-12/h1-6,17,19H,7-8H2,(H,14,15)/t13-/m0/s1. The molecule has 1 aromatic heterocycles. The van der Waals surface area contributed by atoms with Crippen LogP contribution in [0, 0.1) is 0 Å². The zero-order valence-electron chi connectivity index (χ0n) is 10.1. The summed E-state index contributed by atoms with van der Waals surface area (Å²) in [6.45, 7) is -0.201. The van der Waals surface area contributed by atoms with E-state index in [4.69, 9.17) is 5.11 Å². The molecule has 0 unspecified atom stereocenters. The molecule has 98 valence electrons. The number of imidazole rings is 1. The minimum atomic E-state index is -1.65. The van der Waals surface area contributed by atoms with E-state index in [-0.39, 0.29) is 24.9 Å². The molecule has 0 saturated carbocycles. The minimum Gasteiger partial charge on any atom is -0.395 e. The number of hydrogen-bond donors (Lipinski definition) is 3. The lowest BCUT2D eigenvalue weighted by atomic mass is 10.0. The van der Waals surface area contributed by atoms with Crippen LogP contribution in [-0.2, 0) is 5.72 Å². The molecule has 2 aromatic rings. The summed E-state index contributed by atoms with van der Waals surface area (Å²) in [5.41, 5.74) is -0.752. The lowest BCUT2D eigenvalue weighted by molar-refractivity contribution is -0.0607. The lowest BCUT2D eigenvalue weighted by Crippen LogP contribution is -2.46. The highest BCUT2D eigenvalue weighted by Crippen LogP contribution is 2.40. The van der Waals surface area contributed by atoms with Crippen LogP contribution in [0.4, 0.5) is 0 Å². The average molecular weight is 259 g/mol. The monoisotopic (exact) mass is 259 g/mol. The first-order chi connectivity index (χ1) is 9.19. The van der Waals surface area contributed by atoms with Crippen molar-refractivity contribution in [3.05, 3.63) is 53.6 Å². The molecule has 6 heteroatoms. The van der Waals surface area contributed by atoms with E-state index in [2.05, 4.69) is 9.97 Å². The first-order valence-corrected chi connectivity index (χ1v) is 5.94. The first-order valence-electron chi connectivity index (χ1n) is 5.94. The summed E-state index contributed by atoms with van der Waals surface area (Å²) in [7, 11) is 0. The van der Waals surface area contributed by atoms with Crippen LogP contribution < -0.4 is 0 Å². The Morgan fingerprint density at radius 2 is 2.16 bits per heavy atom. The van der Waals surface area contributed by atoms with Gasteiger partial charge in [-0.1, -0.05) is 18.2 Å². The molecular weight excluding hydrogens is 246 g/mol. The fourth-order valence-corrected chi connectivity index (χ4v) is 2.49. The molecule has 1 aliphatic rings. The van der Waals surface area contributed by atoms with Crippen molar-refractivity contribution in [2.45, 2.75) is 5.72 Å². The van der Waals surface area contributed by atoms with Crippen LogP contribution in [0.15, 0.2) is 36.7 Å². The molecule has 0 fully saturated rings. The number of aromatic amines is 1. The number of hydrogen-bond acceptors (Lipinski definition) is 4. The van der Waals surface area contributed by atoms with Crippen molar-refractivity contribution < 1.29 is 15.0 Å². The molecule has 1 amide bonds. The minimum absolute atomic E-state index is 0.0325. The van der Waals surface area contributed by atoms with Crippen LogP contribution in [0.25, 0.3) is 0 Å². The number of fused-ring (bicyclic) bond motifs is 1. The second-order valence-corrected chi connectivity index (χ2v) is 4.34. The fraction of sp³-hybridized carbons (Fsp3) is 0.231. The van der Waals surface area contributed by atoms with Gasteiger partial charge in [0, 0.05) is 30.1 Å². The van der Waals surface area contributed by atoms with Gasteiger partial charge in [-0.3, -0.25) is 9.69 Å². The number of aliphatic hydroxyl groups excluding tert-OH is 1. The number of carbonyl (C=O) groups is 1. The molecule has 3 N–H and O–H groups in total. The van der Waals surface area contributed by atoms with Crippen molar-refractivity contribution in [2.75, 3.05) is 13.2 Å². The van der Waals surface area contributed by atoms with Crippen LogP contribution in [-0.4, -0.2) is 44.1 Å². The van der Waals surface area contributed by atoms with E-state index in [0.29, 0.717) is 11.1 Å². The van der Waals surface area contributed by atoms with Gasteiger partial charge in [0.05, 0.1) is 6.61 Å². The van der Waals surface area contributed by atoms with Gasteiger partial charge in [-0.05, 0) is 6.07 Å². The Hall–Kier alpha value is -2.18. The predicted octanol–water partition coefficient (Wildman–Crippen LogP) is 0.0512. The largest absolute Gasteiger partial charge is 0.395 e. The van der Waals surface area contributed by atoms with Crippen LogP contribution in [0.2, 0.25) is 0 Å². The topological polar surface area (TPSA) is 89.4 Å². The summed E-state index contributed by atoms with van der Waals surface area (Å²) < 4.78 is 0. The molecule has 19 heavy (non-hydrogen) atoms. The van der Waals surface area contributed by atoms with Gasteiger partial charge in [0.25, 0.3) is 5.91 Å². The average Bonchev–Trinajstić information content (AvgIpc) is 3.03. The van der Waals surface area contributed by atoms with E-state index in [9.17, 15) is 9.90 Å². The molecule has 0 radical (unpaired) electrons. The van der Waals surface area contributed by atoms with Crippen LogP contribution >= 0.6 is 0 Å². The molecule has 1 aromatic carbocycles. The van der Waals surface area contributed by atoms with Gasteiger partial charge < -0.3 is 15.2 Å². The lowest BCUT2D eigenvalue weighted by Gasteiger charge is -2.32. The maximum absolute atomic E-state index is 12.3. The van der Waals surface area contributed by atoms with E-state index in [1.807, 2.05) is 0 Å². The van der Waals surface area contributed by atoms with Gasteiger partial charge in [-0.15, -0.1) is 0 Å². The van der Waals surface area contributed by atoms with Crippen molar-refractivity contribution in [3.63, 3.8) is 0 Å². The normalized spacial score (nSPS) is 21.8. The predicted molar refractivity (Wildman–Crippen MR) is 66.2 cm³/mol. The smallest absolute Gasteiger partial charge is 0.257 e. The third kappa shape index (κ3) is 1.50. The summed E-state index contributed by atoms with van der Waals surface area (Å²) in [4.78, 5) is 20.4. The number of benzene rings is 1. The van der Waals surface area contributed by atoms with Crippen LogP contribution in [0.5, 0.6) is 0 Å². The van der Waals surface area contributed by atoms with Crippen molar-refractivity contribution in [1.82, 2.24) is 14.9 Å². The zero-order valence-corrected chi connectivity index (χ0v) is 10.1. The van der Waals surface area contributed by atoms with Crippen LogP contribution in [0.1, 0.15) is 21.7 Å². The maximum Gasteiger partial charge on any atom is 0.257 e. The SMILES string of the molecule is O=C1c2ccccc2[C@](O)(c2ncc[nH]2)N1CCO. The van der Waals surface area contributed by atoms with Gasteiger partial charge in [-0.25, -0.2) is 4.98 Å². The number of rotatable bonds is 3. The molecule has 3 rings (SSSR count). The molecule has 2 heterocycles. The summed E-state index contributed by atoms with van der Waals surface area (Å²) in [5, 5.41) is 20.1. The Bertz CT molecular complexity index is 611. The highest BCUT2D eigenvalue weighted by atomic mass is 16.3. The molecule has 0 spiro atoms.